The molecule has 0 saturated heterocycles. The lowest BCUT2D eigenvalue weighted by molar-refractivity contribution is -0.401. The molecule has 2 rings (SSSR count). The second kappa shape index (κ2) is 6.88. The van der Waals surface area contributed by atoms with Crippen molar-refractivity contribution >= 4 is 60.3 Å². The fraction of sp³-hybridized carbons (Fsp3) is 0. The van der Waals surface area contributed by atoms with Gasteiger partial charge >= 0.3 is 11.4 Å². The first-order valence-electron chi connectivity index (χ1n) is 6.04. The molecule has 10 nitrogen and oxygen atoms in total. The van der Waals surface area contributed by atoms with E-state index < -0.39 is 37.5 Å². The lowest BCUT2D eigenvalue weighted by Crippen LogP contribution is -2.03. The van der Waals surface area contributed by atoms with E-state index in [9.17, 15) is 30.3 Å². The SMILES string of the molecule is O=[N+]([O-])c1cc([N+](=O)[O-])c(Nc2ccc(Br)c(Br)c2)c([N+](=O)[O-])c1. The minimum absolute atomic E-state index is 0.324. The zero-order chi connectivity index (χ0) is 18.0. The molecule has 0 bridgehead atoms. The van der Waals surface area contributed by atoms with Crippen LogP contribution in [0.15, 0.2) is 39.3 Å². The first-order valence-corrected chi connectivity index (χ1v) is 7.62. The van der Waals surface area contributed by atoms with E-state index >= 15 is 0 Å². The third-order valence-electron chi connectivity index (χ3n) is 2.87. The molecule has 24 heavy (non-hydrogen) atoms. The van der Waals surface area contributed by atoms with Crippen molar-refractivity contribution in [3.05, 3.63) is 69.6 Å². The van der Waals surface area contributed by atoms with Crippen molar-refractivity contribution in [1.82, 2.24) is 0 Å². The molecule has 0 spiro atoms. The summed E-state index contributed by atoms with van der Waals surface area (Å²) in [6, 6.07) is 6.03. The Morgan fingerprint density at radius 1 is 0.792 bits per heavy atom. The van der Waals surface area contributed by atoms with Gasteiger partial charge in [-0.1, -0.05) is 0 Å². The molecule has 0 atom stereocenters. The third kappa shape index (κ3) is 3.65. The highest BCUT2D eigenvalue weighted by Gasteiger charge is 2.30. The number of non-ortho nitro benzene ring substituents is 1. The first kappa shape index (κ1) is 17.7. The molecule has 0 heterocycles. The van der Waals surface area contributed by atoms with Crippen LogP contribution in [0.4, 0.5) is 28.4 Å². The Morgan fingerprint density at radius 3 is 1.75 bits per heavy atom. The Bertz CT molecular complexity index is 838. The summed E-state index contributed by atoms with van der Waals surface area (Å²) in [5, 5.41) is 35.8. The largest absolute Gasteiger partial charge is 0.344 e. The average Bonchev–Trinajstić information content (AvgIpc) is 2.50. The maximum atomic E-state index is 11.2. The third-order valence-corrected chi connectivity index (χ3v) is 4.75. The molecule has 12 heteroatoms. The lowest BCUT2D eigenvalue weighted by atomic mass is 10.2. The van der Waals surface area contributed by atoms with Crippen LogP contribution >= 0.6 is 31.9 Å². The number of nitrogens with zero attached hydrogens (tertiary/aromatic N) is 3. The Balaban J connectivity index is 2.65. The fourth-order valence-electron chi connectivity index (χ4n) is 1.84. The summed E-state index contributed by atoms with van der Waals surface area (Å²) >= 11 is 6.49. The summed E-state index contributed by atoms with van der Waals surface area (Å²) in [4.78, 5) is 30.4. The molecule has 0 aromatic heterocycles. The van der Waals surface area contributed by atoms with Crippen LogP contribution in [0.3, 0.4) is 0 Å². The normalized spacial score (nSPS) is 10.2. The Morgan fingerprint density at radius 2 is 1.33 bits per heavy atom. The molecule has 0 fully saturated rings. The number of hydrogen-bond acceptors (Lipinski definition) is 7. The summed E-state index contributed by atoms with van der Waals surface area (Å²) in [6.07, 6.45) is 0. The molecular weight excluding hydrogens is 456 g/mol. The molecule has 1 N–H and O–H groups in total. The molecule has 124 valence electrons. The van der Waals surface area contributed by atoms with Crippen LogP contribution in [-0.4, -0.2) is 14.8 Å². The van der Waals surface area contributed by atoms with Gasteiger partial charge in [0.15, 0.2) is 5.69 Å². The highest BCUT2D eigenvalue weighted by Crippen LogP contribution is 2.40. The van der Waals surface area contributed by atoms with E-state index in [1.807, 2.05) is 0 Å². The second-order valence-electron chi connectivity index (χ2n) is 4.38. The zero-order valence-corrected chi connectivity index (χ0v) is 14.6. The van der Waals surface area contributed by atoms with Crippen molar-refractivity contribution in [2.45, 2.75) is 0 Å². The van der Waals surface area contributed by atoms with E-state index in [4.69, 9.17) is 0 Å². The van der Waals surface area contributed by atoms with Gasteiger partial charge in [-0.25, -0.2) is 0 Å². The number of hydrogen-bond donors (Lipinski definition) is 1. The quantitative estimate of drug-likeness (QED) is 0.503. The van der Waals surface area contributed by atoms with Crippen LogP contribution in [0.5, 0.6) is 0 Å². The Labute approximate surface area is 150 Å². The molecular formula is C12H6Br2N4O6. The number of nitrogens with one attached hydrogen (secondary N) is 1. The molecule has 0 unspecified atom stereocenters. The summed E-state index contributed by atoms with van der Waals surface area (Å²) in [7, 11) is 0. The molecule has 2 aromatic rings. The molecule has 0 saturated carbocycles. The van der Waals surface area contributed by atoms with E-state index in [0.29, 0.717) is 26.8 Å². The van der Waals surface area contributed by atoms with Crippen molar-refractivity contribution in [1.29, 1.82) is 0 Å². The van der Waals surface area contributed by atoms with Gasteiger partial charge in [0.1, 0.15) is 0 Å². The molecule has 0 radical (unpaired) electrons. The maximum Gasteiger partial charge on any atom is 0.306 e. The number of anilines is 2. The van der Waals surface area contributed by atoms with Crippen LogP contribution in [0, 0.1) is 30.3 Å². The molecule has 0 amide bonds. The van der Waals surface area contributed by atoms with Gasteiger partial charge in [-0.15, -0.1) is 0 Å². The minimum atomic E-state index is -0.931. The van der Waals surface area contributed by atoms with E-state index in [2.05, 4.69) is 37.2 Å². The lowest BCUT2D eigenvalue weighted by Gasteiger charge is -2.09. The van der Waals surface area contributed by atoms with E-state index in [1.54, 1.807) is 12.1 Å². The smallest absolute Gasteiger partial charge is 0.306 e. The summed E-state index contributed by atoms with van der Waals surface area (Å²) in [5.41, 5.74) is -2.39. The topological polar surface area (TPSA) is 141 Å². The van der Waals surface area contributed by atoms with Gasteiger partial charge in [-0.05, 0) is 50.1 Å². The summed E-state index contributed by atoms with van der Waals surface area (Å²) < 4.78 is 1.32. The predicted octanol–water partition coefficient (Wildman–Crippen LogP) is 4.68. The fourth-order valence-corrected chi connectivity index (χ4v) is 2.46. The summed E-state index contributed by atoms with van der Waals surface area (Å²) in [5.74, 6) is 0. The van der Waals surface area contributed by atoms with Gasteiger partial charge in [0.2, 0.25) is 0 Å². The molecule has 0 aliphatic rings. The van der Waals surface area contributed by atoms with Gasteiger partial charge in [0, 0.05) is 14.6 Å². The highest BCUT2D eigenvalue weighted by molar-refractivity contribution is 9.13. The monoisotopic (exact) mass is 460 g/mol. The maximum absolute atomic E-state index is 11.2. The number of nitro groups is 3. The van der Waals surface area contributed by atoms with Gasteiger partial charge in [-0.2, -0.15) is 0 Å². The Kier molecular flexibility index (Phi) is 5.09. The van der Waals surface area contributed by atoms with Crippen LogP contribution in [0.1, 0.15) is 0 Å². The van der Waals surface area contributed by atoms with E-state index in [-0.39, 0.29) is 0 Å². The summed E-state index contributed by atoms with van der Waals surface area (Å²) in [6.45, 7) is 0. The number of benzene rings is 2. The van der Waals surface area contributed by atoms with Gasteiger partial charge in [0.05, 0.1) is 26.9 Å². The average molecular weight is 462 g/mol. The van der Waals surface area contributed by atoms with Crippen LogP contribution in [0.2, 0.25) is 0 Å². The van der Waals surface area contributed by atoms with Gasteiger partial charge in [-0.3, -0.25) is 30.3 Å². The van der Waals surface area contributed by atoms with Crippen molar-refractivity contribution in [2.24, 2.45) is 0 Å². The first-order chi connectivity index (χ1) is 11.2. The Hall–Kier alpha value is -2.60. The van der Waals surface area contributed by atoms with Crippen molar-refractivity contribution in [3.8, 4) is 0 Å². The van der Waals surface area contributed by atoms with E-state index in [1.165, 1.54) is 6.07 Å². The van der Waals surface area contributed by atoms with Crippen molar-refractivity contribution in [3.63, 3.8) is 0 Å². The number of halogens is 2. The molecule has 2 aromatic carbocycles. The van der Waals surface area contributed by atoms with Gasteiger partial charge in [0.25, 0.3) is 5.69 Å². The predicted molar refractivity (Wildman–Crippen MR) is 91.5 cm³/mol. The number of rotatable bonds is 5. The van der Waals surface area contributed by atoms with Crippen molar-refractivity contribution in [2.75, 3.05) is 5.32 Å². The highest BCUT2D eigenvalue weighted by atomic mass is 79.9. The van der Waals surface area contributed by atoms with Crippen LogP contribution in [-0.2, 0) is 0 Å². The van der Waals surface area contributed by atoms with Crippen LogP contribution < -0.4 is 5.32 Å². The minimum Gasteiger partial charge on any atom is -0.344 e. The van der Waals surface area contributed by atoms with Crippen LogP contribution in [0.25, 0.3) is 0 Å². The van der Waals surface area contributed by atoms with E-state index in [0.717, 1.165) is 0 Å². The molecule has 0 aliphatic carbocycles. The molecule has 0 aliphatic heterocycles. The standard InChI is InChI=1S/C12H6Br2N4O6/c13-8-2-1-6(3-9(8)14)15-12-10(17(21)22)4-7(16(19)20)5-11(12)18(23)24/h1-5,15H. The van der Waals surface area contributed by atoms with Gasteiger partial charge < -0.3 is 5.32 Å². The van der Waals surface area contributed by atoms with Crippen molar-refractivity contribution < 1.29 is 14.8 Å². The second-order valence-corrected chi connectivity index (χ2v) is 6.09. The zero-order valence-electron chi connectivity index (χ0n) is 11.4. The number of nitro benzene ring substituents is 3.